The lowest BCUT2D eigenvalue weighted by atomic mass is 10.3. The summed E-state index contributed by atoms with van der Waals surface area (Å²) in [4.78, 5) is 0. The Morgan fingerprint density at radius 1 is 1.67 bits per heavy atom. The Balaban J connectivity index is 0.000000640. The highest BCUT2D eigenvalue weighted by Gasteiger charge is 2.32. The average Bonchev–Trinajstić information content (AvgIpc) is 2.17. The highest BCUT2D eigenvalue weighted by Crippen LogP contribution is 2.19. The van der Waals surface area contributed by atoms with E-state index in [1.165, 1.54) is 7.11 Å². The van der Waals surface area contributed by atoms with Crippen LogP contribution in [0, 0.1) is 0 Å². The molecule has 1 fully saturated rings. The van der Waals surface area contributed by atoms with Gasteiger partial charge in [-0.15, -0.1) is 12.4 Å². The number of alkyl halides is 1. The van der Waals surface area contributed by atoms with Crippen LogP contribution in [0.25, 0.3) is 0 Å². The number of methoxy groups -OCH3 is 1. The summed E-state index contributed by atoms with van der Waals surface area (Å²) in [5.74, 6) is -1.38. The lowest BCUT2D eigenvalue weighted by Gasteiger charge is -2.14. The highest BCUT2D eigenvalue weighted by atomic mass is 35.5. The molecule has 1 rings (SSSR count). The van der Waals surface area contributed by atoms with Crippen LogP contribution in [0.4, 0.5) is 4.39 Å². The zero-order valence-electron chi connectivity index (χ0n) is 5.32. The molecule has 1 saturated heterocycles. The number of hydrogen-bond donors (Lipinski definition) is 1. The predicted molar refractivity (Wildman–Crippen MR) is 35.6 cm³/mol. The lowest BCUT2D eigenvalue weighted by Crippen LogP contribution is -2.27. The Kier molecular flexibility index (Phi) is 3.40. The largest absolute Gasteiger partial charge is 0.348 e. The molecule has 0 bridgehead atoms. The molecule has 9 heavy (non-hydrogen) atoms. The zero-order chi connectivity index (χ0) is 6.04. The van der Waals surface area contributed by atoms with Gasteiger partial charge in [-0.2, -0.15) is 0 Å². The minimum atomic E-state index is -1.38. The molecule has 1 atom stereocenters. The summed E-state index contributed by atoms with van der Waals surface area (Å²) in [5.41, 5.74) is 0. The fourth-order valence-electron chi connectivity index (χ4n) is 0.813. The van der Waals surface area contributed by atoms with Gasteiger partial charge in [0.1, 0.15) is 0 Å². The van der Waals surface area contributed by atoms with E-state index in [0.29, 0.717) is 13.0 Å². The third-order valence-electron chi connectivity index (χ3n) is 1.43. The van der Waals surface area contributed by atoms with Crippen LogP contribution in [-0.2, 0) is 4.74 Å². The van der Waals surface area contributed by atoms with E-state index in [4.69, 9.17) is 0 Å². The molecule has 1 unspecified atom stereocenters. The van der Waals surface area contributed by atoms with Crippen LogP contribution in [-0.4, -0.2) is 26.1 Å². The molecular formula is C5H11ClFNO. The van der Waals surface area contributed by atoms with Gasteiger partial charge in [-0.25, -0.2) is 4.39 Å². The standard InChI is InChI=1S/C5H10FNO.ClH/c1-8-5(6)2-3-7-4-5;/h7H,2-4H2,1H3;1H. The van der Waals surface area contributed by atoms with Crippen molar-refractivity contribution in [2.45, 2.75) is 12.3 Å². The zero-order valence-corrected chi connectivity index (χ0v) is 6.13. The van der Waals surface area contributed by atoms with Gasteiger partial charge < -0.3 is 10.1 Å². The first-order valence-electron chi connectivity index (χ1n) is 2.72. The molecule has 1 N–H and O–H groups in total. The Labute approximate surface area is 60.2 Å². The van der Waals surface area contributed by atoms with Crippen molar-refractivity contribution in [3.63, 3.8) is 0 Å². The molecule has 1 heterocycles. The predicted octanol–water partition coefficient (Wildman–Crippen LogP) is 0.714. The molecule has 0 aliphatic carbocycles. The summed E-state index contributed by atoms with van der Waals surface area (Å²) in [6.45, 7) is 1.06. The van der Waals surface area contributed by atoms with Gasteiger partial charge in [0.25, 0.3) is 0 Å². The molecule has 1 aliphatic heterocycles. The van der Waals surface area contributed by atoms with Crippen molar-refractivity contribution in [1.29, 1.82) is 0 Å². The highest BCUT2D eigenvalue weighted by molar-refractivity contribution is 5.85. The minimum Gasteiger partial charge on any atom is -0.348 e. The van der Waals surface area contributed by atoms with Crippen LogP contribution in [0.15, 0.2) is 0 Å². The number of nitrogens with one attached hydrogen (secondary N) is 1. The van der Waals surface area contributed by atoms with Crippen molar-refractivity contribution in [1.82, 2.24) is 5.32 Å². The lowest BCUT2D eigenvalue weighted by molar-refractivity contribution is -0.103. The molecule has 0 aromatic carbocycles. The Bertz CT molecular complexity index is 85.0. The fourth-order valence-corrected chi connectivity index (χ4v) is 0.813. The summed E-state index contributed by atoms with van der Waals surface area (Å²) >= 11 is 0. The second-order valence-electron chi connectivity index (χ2n) is 2.01. The van der Waals surface area contributed by atoms with E-state index in [2.05, 4.69) is 10.1 Å². The maximum Gasteiger partial charge on any atom is 0.222 e. The van der Waals surface area contributed by atoms with Gasteiger partial charge in [-0.1, -0.05) is 0 Å². The van der Waals surface area contributed by atoms with E-state index >= 15 is 0 Å². The van der Waals surface area contributed by atoms with Crippen LogP contribution in [0.2, 0.25) is 0 Å². The van der Waals surface area contributed by atoms with Crippen molar-refractivity contribution in [3.8, 4) is 0 Å². The molecule has 0 saturated carbocycles. The number of hydrogen-bond acceptors (Lipinski definition) is 2. The van der Waals surface area contributed by atoms with E-state index in [0.717, 1.165) is 6.54 Å². The smallest absolute Gasteiger partial charge is 0.222 e. The molecule has 0 spiro atoms. The molecule has 2 nitrogen and oxygen atoms in total. The van der Waals surface area contributed by atoms with Crippen LogP contribution < -0.4 is 5.32 Å². The summed E-state index contributed by atoms with van der Waals surface area (Å²) in [6, 6.07) is 0. The van der Waals surface area contributed by atoms with Gasteiger partial charge in [0.05, 0.1) is 6.54 Å². The number of rotatable bonds is 1. The molecule has 1 aliphatic rings. The second-order valence-corrected chi connectivity index (χ2v) is 2.01. The first-order chi connectivity index (χ1) is 3.77. The van der Waals surface area contributed by atoms with Gasteiger partial charge in [0.2, 0.25) is 5.85 Å². The van der Waals surface area contributed by atoms with Crippen molar-refractivity contribution in [3.05, 3.63) is 0 Å². The van der Waals surface area contributed by atoms with E-state index in [9.17, 15) is 4.39 Å². The fraction of sp³-hybridized carbons (Fsp3) is 1.00. The number of halogens is 2. The Morgan fingerprint density at radius 3 is 2.56 bits per heavy atom. The van der Waals surface area contributed by atoms with Crippen molar-refractivity contribution >= 4 is 12.4 Å². The quantitative estimate of drug-likeness (QED) is 0.603. The average molecular weight is 156 g/mol. The molecule has 0 aromatic rings. The topological polar surface area (TPSA) is 21.3 Å². The normalized spacial score (nSPS) is 34.0. The maximum atomic E-state index is 12.8. The summed E-state index contributed by atoms with van der Waals surface area (Å²) in [7, 11) is 1.40. The molecular weight excluding hydrogens is 145 g/mol. The third-order valence-corrected chi connectivity index (χ3v) is 1.43. The van der Waals surface area contributed by atoms with Gasteiger partial charge in [0, 0.05) is 20.1 Å². The summed E-state index contributed by atoms with van der Waals surface area (Å²) in [5, 5.41) is 2.86. The molecule has 0 aromatic heterocycles. The van der Waals surface area contributed by atoms with Crippen molar-refractivity contribution in [2.75, 3.05) is 20.2 Å². The maximum absolute atomic E-state index is 12.8. The molecule has 0 radical (unpaired) electrons. The first kappa shape index (κ1) is 9.14. The van der Waals surface area contributed by atoms with Gasteiger partial charge in [-0.05, 0) is 0 Å². The Hall–Kier alpha value is 0.140. The molecule has 0 amide bonds. The van der Waals surface area contributed by atoms with E-state index in [1.807, 2.05) is 0 Å². The summed E-state index contributed by atoms with van der Waals surface area (Å²) in [6.07, 6.45) is 0.476. The Morgan fingerprint density at radius 2 is 2.33 bits per heavy atom. The van der Waals surface area contributed by atoms with Crippen LogP contribution in [0.5, 0.6) is 0 Å². The number of ether oxygens (including phenoxy) is 1. The van der Waals surface area contributed by atoms with Crippen molar-refractivity contribution in [2.24, 2.45) is 0 Å². The van der Waals surface area contributed by atoms with Crippen molar-refractivity contribution < 1.29 is 9.13 Å². The van der Waals surface area contributed by atoms with E-state index in [-0.39, 0.29) is 12.4 Å². The summed E-state index contributed by atoms with van der Waals surface area (Å²) < 4.78 is 17.3. The second kappa shape index (κ2) is 3.34. The van der Waals surface area contributed by atoms with Gasteiger partial charge in [0.15, 0.2) is 0 Å². The SMILES string of the molecule is COC1(F)CCNC1.Cl. The first-order valence-corrected chi connectivity index (χ1v) is 2.72. The third kappa shape index (κ3) is 2.08. The van der Waals surface area contributed by atoms with Gasteiger partial charge >= 0.3 is 0 Å². The van der Waals surface area contributed by atoms with Gasteiger partial charge in [-0.3, -0.25) is 0 Å². The molecule has 56 valence electrons. The van der Waals surface area contributed by atoms with Crippen LogP contribution in [0.3, 0.4) is 0 Å². The minimum absolute atomic E-state index is 0. The van der Waals surface area contributed by atoms with E-state index in [1.54, 1.807) is 0 Å². The monoisotopic (exact) mass is 155 g/mol. The van der Waals surface area contributed by atoms with E-state index < -0.39 is 5.85 Å². The van der Waals surface area contributed by atoms with Crippen LogP contribution in [0.1, 0.15) is 6.42 Å². The van der Waals surface area contributed by atoms with Crippen LogP contribution >= 0.6 is 12.4 Å². The molecule has 4 heteroatoms.